The van der Waals surface area contributed by atoms with Gasteiger partial charge in [-0.05, 0) is 101 Å². The van der Waals surface area contributed by atoms with Gasteiger partial charge in [0.15, 0.2) is 16.1 Å². The summed E-state index contributed by atoms with van der Waals surface area (Å²) in [6.07, 6.45) is 0. The first-order chi connectivity index (χ1) is 34.7. The lowest BCUT2D eigenvalue weighted by atomic mass is 10.1. The van der Waals surface area contributed by atoms with Crippen LogP contribution in [0.25, 0.3) is 66.1 Å². The van der Waals surface area contributed by atoms with Gasteiger partial charge in [0.25, 0.3) is 0 Å². The highest BCUT2D eigenvalue weighted by Gasteiger charge is 2.56. The van der Waals surface area contributed by atoms with E-state index < -0.39 is 16.1 Å². The van der Waals surface area contributed by atoms with Gasteiger partial charge >= 0.3 is 0 Å². The van der Waals surface area contributed by atoms with Gasteiger partial charge < -0.3 is 9.13 Å². The molecule has 0 atom stereocenters. The molecule has 328 valence electrons. The van der Waals surface area contributed by atoms with Crippen LogP contribution in [0.15, 0.2) is 279 Å². The van der Waals surface area contributed by atoms with Crippen molar-refractivity contribution in [2.75, 3.05) is 0 Å². The maximum atomic E-state index is 2.49. The van der Waals surface area contributed by atoms with Crippen LogP contribution in [0.3, 0.4) is 0 Å². The van der Waals surface area contributed by atoms with Gasteiger partial charge in [0, 0.05) is 32.9 Å². The van der Waals surface area contributed by atoms with E-state index in [1.54, 1.807) is 0 Å². The highest BCUT2D eigenvalue weighted by Crippen LogP contribution is 2.37. The van der Waals surface area contributed by atoms with E-state index in [1.807, 2.05) is 0 Å². The predicted octanol–water partition coefficient (Wildman–Crippen LogP) is 10.6. The Morgan fingerprint density at radius 1 is 0.214 bits per heavy atom. The largest absolute Gasteiger partial charge is 0.309 e. The molecule has 2 nitrogen and oxygen atoms in total. The minimum absolute atomic E-state index is 1.15. The molecule has 11 aromatic carbocycles. The van der Waals surface area contributed by atoms with E-state index in [-0.39, 0.29) is 0 Å². The molecule has 4 heteroatoms. The van der Waals surface area contributed by atoms with Crippen LogP contribution in [0.2, 0.25) is 0 Å². The van der Waals surface area contributed by atoms with Crippen LogP contribution < -0.4 is 41.5 Å². The SMILES string of the molecule is c1ccc(-c2ccc([Si]3(c4ccc(-n5c6ccccc6c6cc(-n7c8ccccc8c8ccccc87)ccc65)cc4)c4ccccc4[Si](c4ccccc4)(c4ccccc4)c4ccccc43)cc2)cc1. The molecule has 70 heavy (non-hydrogen) atoms. The number of hydrogen-bond acceptors (Lipinski definition) is 0. The lowest BCUT2D eigenvalue weighted by Crippen LogP contribution is -2.93. The molecule has 0 saturated carbocycles. The van der Waals surface area contributed by atoms with E-state index in [0.29, 0.717) is 0 Å². The van der Waals surface area contributed by atoms with Gasteiger partial charge in [-0.15, -0.1) is 0 Å². The standard InChI is InChI=1S/C66H46N2Si2/c1-4-20-47(21-5-1)48-36-41-53(42-37-48)70(65-34-18-16-32-63(65)69(51-22-6-2-7-23-51,52-24-8-3-9-25-52)64-33-17-19-35-66(64)70)54-43-38-49(39-44-54)67-61-31-15-12-28-57(61)58-46-50(40-45-62(58)67)68-59-29-13-10-26-55(59)56-27-11-14-30-60(56)68/h1-46H. The second-order valence-electron chi connectivity index (χ2n) is 18.7. The van der Waals surface area contributed by atoms with Crippen molar-refractivity contribution in [1.29, 1.82) is 0 Å². The fourth-order valence-corrected chi connectivity index (χ4v) is 24.5. The van der Waals surface area contributed by atoms with Crippen LogP contribution >= 0.6 is 0 Å². The molecule has 0 bridgehead atoms. The zero-order chi connectivity index (χ0) is 46.2. The fraction of sp³-hybridized carbons (Fsp3) is 0. The highest BCUT2D eigenvalue weighted by molar-refractivity contribution is 7.32. The molecule has 14 rings (SSSR count). The van der Waals surface area contributed by atoms with Crippen LogP contribution in [0.4, 0.5) is 0 Å². The van der Waals surface area contributed by atoms with E-state index in [2.05, 4.69) is 288 Å². The summed E-state index contributed by atoms with van der Waals surface area (Å²) in [5.74, 6) is 0. The second kappa shape index (κ2) is 16.0. The zero-order valence-corrected chi connectivity index (χ0v) is 40.5. The number of rotatable bonds is 7. The van der Waals surface area contributed by atoms with Crippen LogP contribution in [0.1, 0.15) is 0 Å². The van der Waals surface area contributed by atoms with E-state index in [1.165, 1.54) is 96.2 Å². The molecular formula is C66H46N2Si2. The molecule has 3 heterocycles. The summed E-state index contributed by atoms with van der Waals surface area (Å²) in [5.41, 5.74) is 9.59. The number of fused-ring (bicyclic) bond motifs is 8. The van der Waals surface area contributed by atoms with Crippen LogP contribution in [0, 0.1) is 0 Å². The molecule has 0 amide bonds. The summed E-state index contributed by atoms with van der Waals surface area (Å²) in [6, 6.07) is 106. The molecule has 0 fully saturated rings. The molecule has 1 aliphatic heterocycles. The lowest BCUT2D eigenvalue weighted by molar-refractivity contribution is 1.17. The predicted molar refractivity (Wildman–Crippen MR) is 301 cm³/mol. The van der Waals surface area contributed by atoms with E-state index in [9.17, 15) is 0 Å². The molecule has 0 N–H and O–H groups in total. The number of aromatic nitrogens is 2. The number of nitrogens with zero attached hydrogens (tertiary/aromatic N) is 2. The Morgan fingerprint density at radius 3 is 1.00 bits per heavy atom. The Balaban J connectivity index is 1.00. The highest BCUT2D eigenvalue weighted by atomic mass is 28.3. The summed E-state index contributed by atoms with van der Waals surface area (Å²) in [7, 11) is -5.87. The minimum atomic E-state index is -3.03. The smallest absolute Gasteiger partial charge is 0.179 e. The number of hydrogen-bond donors (Lipinski definition) is 0. The number of benzene rings is 11. The van der Waals surface area contributed by atoms with Crippen LogP contribution in [0.5, 0.6) is 0 Å². The third-order valence-electron chi connectivity index (χ3n) is 15.4. The van der Waals surface area contributed by atoms with Gasteiger partial charge in [-0.3, -0.25) is 0 Å². The van der Waals surface area contributed by atoms with Crippen LogP contribution in [-0.4, -0.2) is 25.3 Å². The Hall–Kier alpha value is -8.55. The molecular weight excluding hydrogens is 877 g/mol. The second-order valence-corrected chi connectivity index (χ2v) is 26.2. The monoisotopic (exact) mass is 922 g/mol. The Labute approximate surface area is 409 Å². The lowest BCUT2D eigenvalue weighted by Gasteiger charge is -2.48. The van der Waals surface area contributed by atoms with Gasteiger partial charge in [0.1, 0.15) is 0 Å². The first-order valence-electron chi connectivity index (χ1n) is 24.3. The van der Waals surface area contributed by atoms with E-state index in [4.69, 9.17) is 0 Å². The average Bonchev–Trinajstić information content (AvgIpc) is 3.96. The first-order valence-corrected chi connectivity index (χ1v) is 28.3. The molecule has 1 aliphatic rings. The minimum Gasteiger partial charge on any atom is -0.309 e. The Bertz CT molecular complexity index is 3960. The van der Waals surface area contributed by atoms with Gasteiger partial charge in [-0.1, -0.05) is 231 Å². The Kier molecular flexibility index (Phi) is 9.28. The zero-order valence-electron chi connectivity index (χ0n) is 38.5. The summed E-state index contributed by atoms with van der Waals surface area (Å²) in [4.78, 5) is 0. The van der Waals surface area contributed by atoms with Crippen molar-refractivity contribution in [3.05, 3.63) is 279 Å². The van der Waals surface area contributed by atoms with Crippen molar-refractivity contribution < 1.29 is 0 Å². The topological polar surface area (TPSA) is 9.86 Å². The molecule has 13 aromatic rings. The van der Waals surface area contributed by atoms with Gasteiger partial charge in [0.2, 0.25) is 0 Å². The van der Waals surface area contributed by atoms with Gasteiger partial charge in [0.05, 0.1) is 22.1 Å². The molecule has 0 radical (unpaired) electrons. The molecule has 0 aliphatic carbocycles. The van der Waals surface area contributed by atoms with Crippen molar-refractivity contribution in [2.45, 2.75) is 0 Å². The summed E-state index contributed by atoms with van der Waals surface area (Å²) in [5, 5.41) is 16.5. The summed E-state index contributed by atoms with van der Waals surface area (Å²) < 4.78 is 4.90. The molecule has 0 spiro atoms. The summed E-state index contributed by atoms with van der Waals surface area (Å²) in [6.45, 7) is 0. The fourth-order valence-electron chi connectivity index (χ4n) is 12.5. The Morgan fingerprint density at radius 2 is 0.529 bits per heavy atom. The van der Waals surface area contributed by atoms with Crippen molar-refractivity contribution >= 4 is 101 Å². The molecule has 0 saturated heterocycles. The maximum absolute atomic E-state index is 3.03. The first kappa shape index (κ1) is 40.5. The van der Waals surface area contributed by atoms with Crippen molar-refractivity contribution in [2.24, 2.45) is 0 Å². The normalized spacial score (nSPS) is 13.7. The van der Waals surface area contributed by atoms with E-state index >= 15 is 0 Å². The van der Waals surface area contributed by atoms with Crippen molar-refractivity contribution in [3.8, 4) is 22.5 Å². The van der Waals surface area contributed by atoms with Gasteiger partial charge in [-0.2, -0.15) is 0 Å². The molecule has 2 aromatic heterocycles. The molecule has 0 unspecified atom stereocenters. The van der Waals surface area contributed by atoms with E-state index in [0.717, 1.165) is 11.4 Å². The summed E-state index contributed by atoms with van der Waals surface area (Å²) >= 11 is 0. The quantitative estimate of drug-likeness (QED) is 0.141. The third kappa shape index (κ3) is 5.78. The average molecular weight is 923 g/mol. The van der Waals surface area contributed by atoms with Crippen LogP contribution in [-0.2, 0) is 0 Å². The third-order valence-corrected chi connectivity index (χ3v) is 25.6. The van der Waals surface area contributed by atoms with Gasteiger partial charge in [-0.25, -0.2) is 0 Å². The maximum Gasteiger partial charge on any atom is 0.179 e. The van der Waals surface area contributed by atoms with Crippen molar-refractivity contribution in [1.82, 2.24) is 9.13 Å². The number of para-hydroxylation sites is 3. The van der Waals surface area contributed by atoms with Crippen molar-refractivity contribution in [3.63, 3.8) is 0 Å².